The highest BCUT2D eigenvalue weighted by molar-refractivity contribution is 7.99. The molecule has 0 bridgehead atoms. The van der Waals surface area contributed by atoms with Crippen molar-refractivity contribution in [2.45, 2.75) is 51.6 Å². The van der Waals surface area contributed by atoms with Crippen molar-refractivity contribution in [2.24, 2.45) is 0 Å². The van der Waals surface area contributed by atoms with E-state index in [1.807, 2.05) is 50.2 Å². The van der Waals surface area contributed by atoms with Gasteiger partial charge in [-0.05, 0) is 55.7 Å². The standard InChI is InChI=1S/C23H28Cl2N2O2S/c1-4-16(2)26-23(29)17(3)27(13-18-8-10-20(24)11-9-18)22(28)15-30-14-19-6-5-7-21(25)12-19/h5-12,16-17H,4,13-15H2,1-3H3,(H,26,29)/t16-,17-/m0/s1. The van der Waals surface area contributed by atoms with E-state index >= 15 is 0 Å². The molecule has 0 aliphatic carbocycles. The number of hydrogen-bond donors (Lipinski definition) is 1. The van der Waals surface area contributed by atoms with Crippen LogP contribution in [-0.2, 0) is 21.9 Å². The quantitative estimate of drug-likeness (QED) is 0.498. The molecule has 0 aromatic heterocycles. The summed E-state index contributed by atoms with van der Waals surface area (Å²) in [5.74, 6) is 0.727. The molecular weight excluding hydrogens is 439 g/mol. The first-order valence-corrected chi connectivity index (χ1v) is 11.9. The van der Waals surface area contributed by atoms with Gasteiger partial charge in [-0.2, -0.15) is 0 Å². The number of halogens is 2. The number of benzene rings is 2. The summed E-state index contributed by atoms with van der Waals surface area (Å²) in [5.41, 5.74) is 1.99. The molecule has 0 saturated carbocycles. The Bertz CT molecular complexity index is 845. The van der Waals surface area contributed by atoms with E-state index in [2.05, 4.69) is 5.32 Å². The largest absolute Gasteiger partial charge is 0.352 e. The molecular formula is C23H28Cl2N2O2S. The third-order valence-corrected chi connectivity index (χ3v) is 6.29. The second kappa shape index (κ2) is 12.2. The molecule has 0 saturated heterocycles. The Morgan fingerprint density at radius 2 is 1.73 bits per heavy atom. The van der Waals surface area contributed by atoms with Crippen molar-refractivity contribution >= 4 is 46.8 Å². The molecule has 30 heavy (non-hydrogen) atoms. The van der Waals surface area contributed by atoms with Gasteiger partial charge in [0, 0.05) is 28.4 Å². The monoisotopic (exact) mass is 466 g/mol. The molecule has 0 aliphatic heterocycles. The number of nitrogens with one attached hydrogen (secondary N) is 1. The van der Waals surface area contributed by atoms with Gasteiger partial charge in [-0.25, -0.2) is 0 Å². The van der Waals surface area contributed by atoms with Gasteiger partial charge in [0.1, 0.15) is 6.04 Å². The topological polar surface area (TPSA) is 49.4 Å². The average Bonchev–Trinajstić information content (AvgIpc) is 2.72. The van der Waals surface area contributed by atoms with Crippen molar-refractivity contribution in [1.82, 2.24) is 10.2 Å². The van der Waals surface area contributed by atoms with Crippen LogP contribution in [0.25, 0.3) is 0 Å². The van der Waals surface area contributed by atoms with Gasteiger partial charge in [0.25, 0.3) is 0 Å². The van der Waals surface area contributed by atoms with Crippen molar-refractivity contribution in [1.29, 1.82) is 0 Å². The zero-order valence-electron chi connectivity index (χ0n) is 17.5. The first-order chi connectivity index (χ1) is 14.3. The maximum absolute atomic E-state index is 13.0. The highest BCUT2D eigenvalue weighted by atomic mass is 35.5. The van der Waals surface area contributed by atoms with Crippen LogP contribution in [-0.4, -0.2) is 34.6 Å². The minimum absolute atomic E-state index is 0.0599. The molecule has 0 spiro atoms. The lowest BCUT2D eigenvalue weighted by molar-refractivity contribution is -0.138. The number of amides is 2. The Balaban J connectivity index is 2.07. The van der Waals surface area contributed by atoms with Crippen LogP contribution in [0.4, 0.5) is 0 Å². The maximum Gasteiger partial charge on any atom is 0.242 e. The average molecular weight is 467 g/mol. The maximum atomic E-state index is 13.0. The first kappa shape index (κ1) is 24.6. The molecule has 0 heterocycles. The summed E-state index contributed by atoms with van der Waals surface area (Å²) in [5, 5.41) is 4.29. The van der Waals surface area contributed by atoms with Gasteiger partial charge in [0.05, 0.1) is 5.75 Å². The van der Waals surface area contributed by atoms with Crippen LogP contribution in [0.5, 0.6) is 0 Å². The number of nitrogens with zero attached hydrogens (tertiary/aromatic N) is 1. The molecule has 0 radical (unpaired) electrons. The van der Waals surface area contributed by atoms with E-state index in [9.17, 15) is 9.59 Å². The van der Waals surface area contributed by atoms with E-state index in [4.69, 9.17) is 23.2 Å². The summed E-state index contributed by atoms with van der Waals surface area (Å²) in [6, 6.07) is 14.4. The summed E-state index contributed by atoms with van der Waals surface area (Å²) < 4.78 is 0. The van der Waals surface area contributed by atoms with E-state index in [-0.39, 0.29) is 23.6 Å². The molecule has 2 rings (SSSR count). The Hall–Kier alpha value is -1.69. The minimum Gasteiger partial charge on any atom is -0.352 e. The van der Waals surface area contributed by atoms with Gasteiger partial charge in [0.15, 0.2) is 0 Å². The predicted molar refractivity (Wildman–Crippen MR) is 127 cm³/mol. The molecule has 2 atom stereocenters. The second-order valence-electron chi connectivity index (χ2n) is 7.26. The van der Waals surface area contributed by atoms with Crippen LogP contribution in [0.2, 0.25) is 10.0 Å². The Labute approximate surface area is 193 Å². The predicted octanol–water partition coefficient (Wildman–Crippen LogP) is 5.56. The van der Waals surface area contributed by atoms with Gasteiger partial charge in [-0.3, -0.25) is 9.59 Å². The van der Waals surface area contributed by atoms with E-state index in [0.717, 1.165) is 17.5 Å². The minimum atomic E-state index is -0.575. The third kappa shape index (κ3) is 7.86. The van der Waals surface area contributed by atoms with Crippen LogP contribution < -0.4 is 5.32 Å². The highest BCUT2D eigenvalue weighted by Crippen LogP contribution is 2.19. The zero-order chi connectivity index (χ0) is 22.1. The van der Waals surface area contributed by atoms with Gasteiger partial charge < -0.3 is 10.2 Å². The fourth-order valence-electron chi connectivity index (χ4n) is 2.80. The zero-order valence-corrected chi connectivity index (χ0v) is 19.9. The van der Waals surface area contributed by atoms with Crippen LogP contribution >= 0.6 is 35.0 Å². The van der Waals surface area contributed by atoms with Crippen LogP contribution in [0, 0.1) is 0 Å². The van der Waals surface area contributed by atoms with E-state index in [1.165, 1.54) is 11.8 Å². The lowest BCUT2D eigenvalue weighted by Gasteiger charge is -2.29. The van der Waals surface area contributed by atoms with E-state index in [1.54, 1.807) is 24.0 Å². The van der Waals surface area contributed by atoms with Crippen molar-refractivity contribution in [3.8, 4) is 0 Å². The van der Waals surface area contributed by atoms with Crippen molar-refractivity contribution in [2.75, 3.05) is 5.75 Å². The second-order valence-corrected chi connectivity index (χ2v) is 9.12. The molecule has 1 N–H and O–H groups in total. The number of rotatable bonds is 10. The van der Waals surface area contributed by atoms with E-state index in [0.29, 0.717) is 22.3 Å². The molecule has 0 fully saturated rings. The summed E-state index contributed by atoms with van der Waals surface area (Å²) >= 11 is 13.5. The summed E-state index contributed by atoms with van der Waals surface area (Å²) in [4.78, 5) is 27.4. The summed E-state index contributed by atoms with van der Waals surface area (Å²) in [7, 11) is 0. The van der Waals surface area contributed by atoms with E-state index < -0.39 is 6.04 Å². The summed E-state index contributed by atoms with van der Waals surface area (Å²) in [6.45, 7) is 6.09. The SMILES string of the molecule is CC[C@H](C)NC(=O)[C@H](C)N(Cc1ccc(Cl)cc1)C(=O)CSCc1cccc(Cl)c1. The Morgan fingerprint density at radius 3 is 2.37 bits per heavy atom. The van der Waals surface area contributed by atoms with Crippen LogP contribution in [0.15, 0.2) is 48.5 Å². The van der Waals surface area contributed by atoms with Gasteiger partial charge in [-0.1, -0.05) is 54.4 Å². The molecule has 162 valence electrons. The van der Waals surface area contributed by atoms with Crippen LogP contribution in [0.3, 0.4) is 0 Å². The molecule has 7 heteroatoms. The van der Waals surface area contributed by atoms with Crippen molar-refractivity contribution in [3.05, 3.63) is 69.7 Å². The molecule has 4 nitrogen and oxygen atoms in total. The van der Waals surface area contributed by atoms with Gasteiger partial charge in [0.2, 0.25) is 11.8 Å². The fraction of sp³-hybridized carbons (Fsp3) is 0.391. The Kier molecular flexibility index (Phi) is 10.0. The van der Waals surface area contributed by atoms with Gasteiger partial charge in [-0.15, -0.1) is 11.8 Å². The fourth-order valence-corrected chi connectivity index (χ4v) is 4.00. The number of carbonyl (C=O) groups excluding carboxylic acids is 2. The first-order valence-electron chi connectivity index (χ1n) is 9.96. The molecule has 0 aliphatic rings. The molecule has 2 aromatic rings. The lowest BCUT2D eigenvalue weighted by Crippen LogP contribution is -2.50. The third-order valence-electron chi connectivity index (χ3n) is 4.82. The number of carbonyl (C=O) groups is 2. The molecule has 0 unspecified atom stereocenters. The summed E-state index contributed by atoms with van der Waals surface area (Å²) in [6.07, 6.45) is 0.832. The number of thioether (sulfide) groups is 1. The highest BCUT2D eigenvalue weighted by Gasteiger charge is 2.26. The number of hydrogen-bond acceptors (Lipinski definition) is 3. The molecule has 2 aromatic carbocycles. The normalized spacial score (nSPS) is 12.8. The van der Waals surface area contributed by atoms with Gasteiger partial charge >= 0.3 is 0 Å². The van der Waals surface area contributed by atoms with Crippen LogP contribution in [0.1, 0.15) is 38.3 Å². The van der Waals surface area contributed by atoms with Crippen molar-refractivity contribution in [3.63, 3.8) is 0 Å². The molecule has 2 amide bonds. The smallest absolute Gasteiger partial charge is 0.242 e. The lowest BCUT2D eigenvalue weighted by atomic mass is 10.1. The Morgan fingerprint density at radius 1 is 1.03 bits per heavy atom. The van der Waals surface area contributed by atoms with Crippen molar-refractivity contribution < 1.29 is 9.59 Å².